The molecule has 0 aromatic carbocycles. The Bertz CT molecular complexity index is 186. The van der Waals surface area contributed by atoms with Gasteiger partial charge in [-0.2, -0.15) is 0 Å². The molecule has 0 aromatic rings. The first-order valence-electron chi connectivity index (χ1n) is 10.2. The molecule has 2 heteroatoms. The van der Waals surface area contributed by atoms with Crippen LogP contribution in [0.3, 0.4) is 0 Å². The summed E-state index contributed by atoms with van der Waals surface area (Å²) in [5.74, 6) is 0. The minimum Gasteiger partial charge on any atom is -0.239 e. The van der Waals surface area contributed by atoms with Gasteiger partial charge in [0.1, 0.15) is 7.49 Å². The van der Waals surface area contributed by atoms with Crippen LogP contribution < -0.4 is 0 Å². The minimum absolute atomic E-state index is 0.934. The molecule has 0 atom stereocenters. The third kappa shape index (κ3) is 11.9. The zero-order chi connectivity index (χ0) is 16.5. The van der Waals surface area contributed by atoms with Gasteiger partial charge < -0.3 is 0 Å². The number of unbranched alkanes of at least 4 members (excludes halogenated alkanes) is 9. The predicted molar refractivity (Wildman–Crippen MR) is 106 cm³/mol. The zero-order valence-corrected chi connectivity index (χ0v) is 17.1. The Morgan fingerprint density at radius 2 is 0.864 bits per heavy atom. The lowest BCUT2D eigenvalue weighted by molar-refractivity contribution is 0.359. The molecule has 0 saturated heterocycles. The first kappa shape index (κ1) is 22.4. The van der Waals surface area contributed by atoms with Gasteiger partial charge in [0.25, 0.3) is 0 Å². The second-order valence-corrected chi connectivity index (χ2v) is 10.5. The van der Waals surface area contributed by atoms with Gasteiger partial charge in [0.2, 0.25) is 0 Å². The fourth-order valence-electron chi connectivity index (χ4n) is 3.28. The Balaban J connectivity index is 4.39. The first-order valence-corrected chi connectivity index (χ1v) is 12.5. The van der Waals surface area contributed by atoms with E-state index in [0.717, 1.165) is 6.61 Å². The van der Waals surface area contributed by atoms with Crippen LogP contribution in [0.25, 0.3) is 0 Å². The van der Waals surface area contributed by atoms with E-state index in [1.807, 2.05) is 0 Å². The lowest BCUT2D eigenvalue weighted by atomic mass is 10.2. The molecule has 0 bridgehead atoms. The van der Waals surface area contributed by atoms with E-state index in [9.17, 15) is 0 Å². The Morgan fingerprint density at radius 1 is 0.500 bits per heavy atom. The molecule has 0 aromatic heterocycles. The first-order chi connectivity index (χ1) is 10.7. The van der Waals surface area contributed by atoms with Crippen LogP contribution in [0.1, 0.15) is 105 Å². The van der Waals surface area contributed by atoms with Crippen LogP contribution in [0, 0.1) is 0 Å². The highest BCUT2D eigenvalue weighted by Gasteiger charge is 2.37. The molecule has 0 rings (SSSR count). The van der Waals surface area contributed by atoms with Gasteiger partial charge in [-0.3, -0.25) is 0 Å². The predicted octanol–water partition coefficient (Wildman–Crippen LogP) is 7.70. The maximum Gasteiger partial charge on any atom is 0.145 e. The third-order valence-corrected chi connectivity index (χ3v) is 8.86. The van der Waals surface area contributed by atoms with Gasteiger partial charge in [0.05, 0.1) is 25.1 Å². The van der Waals surface area contributed by atoms with Gasteiger partial charge in [-0.05, 0) is 45.4 Å². The van der Waals surface area contributed by atoms with Gasteiger partial charge >= 0.3 is 0 Å². The highest BCUT2D eigenvalue weighted by atomic mass is 31.2. The summed E-state index contributed by atoms with van der Waals surface area (Å²) in [5.41, 5.74) is 0. The maximum absolute atomic E-state index is 6.48. The molecule has 0 aliphatic heterocycles. The van der Waals surface area contributed by atoms with Gasteiger partial charge in [-0.1, -0.05) is 59.3 Å². The molecule has 0 amide bonds. The Kier molecular flexibility index (Phi) is 16.5. The van der Waals surface area contributed by atoms with Crippen LogP contribution in [-0.2, 0) is 4.52 Å². The molecule has 0 N–H and O–H groups in total. The van der Waals surface area contributed by atoms with E-state index in [1.54, 1.807) is 0 Å². The van der Waals surface area contributed by atoms with Crippen molar-refractivity contribution in [3.8, 4) is 0 Å². The zero-order valence-electron chi connectivity index (χ0n) is 16.2. The van der Waals surface area contributed by atoms with E-state index in [2.05, 4.69) is 27.7 Å². The average molecular weight is 332 g/mol. The Labute approximate surface area is 142 Å². The van der Waals surface area contributed by atoms with Crippen molar-refractivity contribution in [1.82, 2.24) is 0 Å². The molecule has 134 valence electrons. The maximum atomic E-state index is 6.48. The van der Waals surface area contributed by atoms with Crippen molar-refractivity contribution in [3.05, 3.63) is 0 Å². The minimum atomic E-state index is -1.12. The largest absolute Gasteiger partial charge is 0.239 e. The number of hydrogen-bond donors (Lipinski definition) is 0. The molecule has 0 radical (unpaired) electrons. The van der Waals surface area contributed by atoms with Crippen molar-refractivity contribution in [2.45, 2.75) is 105 Å². The molecular formula is C20H44OP+. The van der Waals surface area contributed by atoms with E-state index in [1.165, 1.54) is 95.5 Å². The van der Waals surface area contributed by atoms with E-state index in [0.29, 0.717) is 0 Å². The lowest BCUT2D eigenvalue weighted by Gasteiger charge is -2.26. The van der Waals surface area contributed by atoms with Crippen LogP contribution in [0.2, 0.25) is 0 Å². The second-order valence-electron chi connectivity index (χ2n) is 6.83. The summed E-state index contributed by atoms with van der Waals surface area (Å²) in [4.78, 5) is 0. The summed E-state index contributed by atoms with van der Waals surface area (Å²) in [6.45, 7) is 10.1. The summed E-state index contributed by atoms with van der Waals surface area (Å²) < 4.78 is 6.48. The van der Waals surface area contributed by atoms with Crippen molar-refractivity contribution in [2.75, 3.05) is 25.1 Å². The van der Waals surface area contributed by atoms with E-state index < -0.39 is 7.49 Å². The van der Waals surface area contributed by atoms with Crippen molar-refractivity contribution in [2.24, 2.45) is 0 Å². The number of hydrogen-bond acceptors (Lipinski definition) is 1. The molecule has 0 spiro atoms. The monoisotopic (exact) mass is 331 g/mol. The van der Waals surface area contributed by atoms with Gasteiger partial charge in [-0.15, -0.1) is 0 Å². The van der Waals surface area contributed by atoms with E-state index >= 15 is 0 Å². The summed E-state index contributed by atoms with van der Waals surface area (Å²) in [6, 6.07) is 0. The molecule has 1 nitrogen and oxygen atoms in total. The standard InChI is InChI=1S/C20H44OP/c1-5-9-12-15-18-22(21-8-4,19-16-13-10-6-2)20-17-14-11-7-3/h5-20H2,1-4H3/q+1. The van der Waals surface area contributed by atoms with Crippen LogP contribution in [0.15, 0.2) is 0 Å². The van der Waals surface area contributed by atoms with E-state index in [4.69, 9.17) is 4.52 Å². The third-order valence-electron chi connectivity index (χ3n) is 4.66. The fourth-order valence-corrected chi connectivity index (χ4v) is 7.29. The van der Waals surface area contributed by atoms with Crippen molar-refractivity contribution >= 4 is 7.49 Å². The summed E-state index contributed by atoms with van der Waals surface area (Å²) in [5, 5.41) is 0. The molecule has 0 fully saturated rings. The van der Waals surface area contributed by atoms with Crippen molar-refractivity contribution in [1.29, 1.82) is 0 Å². The molecule has 0 aliphatic rings. The van der Waals surface area contributed by atoms with Gasteiger partial charge in [-0.25, -0.2) is 4.52 Å². The summed E-state index contributed by atoms with van der Waals surface area (Å²) in [7, 11) is -1.12. The lowest BCUT2D eigenvalue weighted by Crippen LogP contribution is -2.12. The van der Waals surface area contributed by atoms with Crippen LogP contribution in [0.4, 0.5) is 0 Å². The quantitative estimate of drug-likeness (QED) is 0.196. The molecule has 22 heavy (non-hydrogen) atoms. The smallest absolute Gasteiger partial charge is 0.145 e. The Hall–Kier alpha value is 0.390. The number of rotatable bonds is 17. The molecular weight excluding hydrogens is 287 g/mol. The summed E-state index contributed by atoms with van der Waals surface area (Å²) >= 11 is 0. The summed E-state index contributed by atoms with van der Waals surface area (Å²) in [6.07, 6.45) is 20.9. The SMILES string of the molecule is CCCCCC[P+](CCCCCC)(CCCCCC)OCC. The highest BCUT2D eigenvalue weighted by molar-refractivity contribution is 7.71. The second kappa shape index (κ2) is 16.3. The average Bonchev–Trinajstić information content (AvgIpc) is 2.53. The molecule has 0 heterocycles. The highest BCUT2D eigenvalue weighted by Crippen LogP contribution is 2.61. The van der Waals surface area contributed by atoms with Gasteiger partial charge in [0, 0.05) is 0 Å². The van der Waals surface area contributed by atoms with Crippen molar-refractivity contribution in [3.63, 3.8) is 0 Å². The molecule has 0 saturated carbocycles. The Morgan fingerprint density at radius 3 is 1.14 bits per heavy atom. The topological polar surface area (TPSA) is 9.23 Å². The van der Waals surface area contributed by atoms with E-state index in [-0.39, 0.29) is 0 Å². The normalized spacial score (nSPS) is 12.0. The molecule has 0 unspecified atom stereocenters. The van der Waals surface area contributed by atoms with Gasteiger partial charge in [0.15, 0.2) is 0 Å². The van der Waals surface area contributed by atoms with Crippen LogP contribution in [0.5, 0.6) is 0 Å². The van der Waals surface area contributed by atoms with Crippen LogP contribution in [-0.4, -0.2) is 25.1 Å². The molecule has 0 aliphatic carbocycles. The van der Waals surface area contributed by atoms with Crippen LogP contribution >= 0.6 is 7.49 Å². The fraction of sp³-hybridized carbons (Fsp3) is 1.00. The van der Waals surface area contributed by atoms with Crippen molar-refractivity contribution < 1.29 is 4.52 Å².